The van der Waals surface area contributed by atoms with Crippen LogP contribution in [0.2, 0.25) is 0 Å². The van der Waals surface area contributed by atoms with E-state index in [-0.39, 0.29) is 22.4 Å². The molecule has 0 aliphatic heterocycles. The minimum atomic E-state index is -1.13. The SMILES string of the molecule is O=C(NCSCSCSC/N=C/OOCSCSCSCSC(=O)NCSCSCSC/N=C\[S+]([O-])CSCO)SCSCO. The van der Waals surface area contributed by atoms with Gasteiger partial charge in [-0.2, -0.15) is 4.89 Å². The van der Waals surface area contributed by atoms with Gasteiger partial charge in [-0.15, -0.1) is 118 Å². The standard InChI is InChI=1S/C20H38N4O7S14/c25-7-36-16-43-19(27)23-4-34-12-39-10-32-2-21-1-30-31-9-38-14-41-15-42-17-44-20(28)24-5-35-13-40-11-33-3-22-6-45(29)18-37-8-26/h1,6,25-26H,2-5,7-18H2,(H,23,27)(H,24,28)/b21-1+,22-6-. The first-order valence-electron chi connectivity index (χ1n) is 12.1. The van der Waals surface area contributed by atoms with Gasteiger partial charge in [0.2, 0.25) is 11.9 Å². The van der Waals surface area contributed by atoms with Gasteiger partial charge in [0, 0.05) is 46.8 Å². The maximum atomic E-state index is 11.9. The molecule has 45 heavy (non-hydrogen) atoms. The summed E-state index contributed by atoms with van der Waals surface area (Å²) in [6, 6.07) is 0. The Kier molecular flexibility index (Phi) is 43.8. The van der Waals surface area contributed by atoms with Gasteiger partial charge in [0.05, 0.1) is 40.5 Å². The Morgan fingerprint density at radius 3 is 1.80 bits per heavy atom. The van der Waals surface area contributed by atoms with Gasteiger partial charge in [0.1, 0.15) is 5.94 Å². The average Bonchev–Trinajstić information content (AvgIpc) is 3.03. The Bertz CT molecular complexity index is 743. The Morgan fingerprint density at radius 2 is 1.18 bits per heavy atom. The van der Waals surface area contributed by atoms with Crippen LogP contribution in [-0.4, -0.2) is 124 Å². The lowest BCUT2D eigenvalue weighted by Crippen LogP contribution is -2.17. The molecular weight excluding hydrogens is 857 g/mol. The summed E-state index contributed by atoms with van der Waals surface area (Å²) in [5, 5.41) is 29.9. The number of carbonyl (C=O) groups excluding carboxylic acids is 2. The Balaban J connectivity index is 3.28. The van der Waals surface area contributed by atoms with Crippen molar-refractivity contribution in [2.75, 3.05) is 87.1 Å². The van der Waals surface area contributed by atoms with E-state index in [9.17, 15) is 14.1 Å². The quantitative estimate of drug-likeness (QED) is 0.0101. The van der Waals surface area contributed by atoms with Crippen LogP contribution >= 0.6 is 153 Å². The predicted molar refractivity (Wildman–Crippen MR) is 225 cm³/mol. The van der Waals surface area contributed by atoms with Gasteiger partial charge >= 0.3 is 0 Å². The van der Waals surface area contributed by atoms with Crippen molar-refractivity contribution in [2.24, 2.45) is 9.98 Å². The number of nitrogens with one attached hydrogen (secondary N) is 2. The molecule has 25 heteroatoms. The first-order valence-corrected chi connectivity index (χ1v) is 28.2. The molecule has 11 nitrogen and oxygen atoms in total. The summed E-state index contributed by atoms with van der Waals surface area (Å²) in [5.74, 6) is 2.71. The monoisotopic (exact) mass is 894 g/mol. The zero-order valence-electron chi connectivity index (χ0n) is 24.0. The van der Waals surface area contributed by atoms with E-state index in [1.807, 2.05) is 0 Å². The fourth-order valence-electron chi connectivity index (χ4n) is 1.75. The summed E-state index contributed by atoms with van der Waals surface area (Å²) in [6.45, 7) is 0. The second kappa shape index (κ2) is 41.2. The zero-order chi connectivity index (χ0) is 32.9. The van der Waals surface area contributed by atoms with Gasteiger partial charge in [0.15, 0.2) is 5.08 Å². The number of aliphatic hydroxyl groups excluding tert-OH is 2. The molecule has 0 aromatic rings. The molecule has 0 aromatic heterocycles. The number of amides is 2. The third kappa shape index (κ3) is 41.1. The summed E-state index contributed by atoms with van der Waals surface area (Å²) in [4.78, 5) is 41.6. The van der Waals surface area contributed by atoms with E-state index < -0.39 is 11.2 Å². The van der Waals surface area contributed by atoms with Crippen LogP contribution in [-0.2, 0) is 21.0 Å². The minimum Gasteiger partial charge on any atom is -0.610 e. The van der Waals surface area contributed by atoms with Crippen LogP contribution in [0.25, 0.3) is 0 Å². The van der Waals surface area contributed by atoms with Crippen LogP contribution in [0.4, 0.5) is 9.59 Å². The fourth-order valence-corrected chi connectivity index (χ4v) is 14.5. The fraction of sp³-hybridized carbons (Fsp3) is 0.800. The van der Waals surface area contributed by atoms with Crippen LogP contribution < -0.4 is 10.6 Å². The highest BCUT2D eigenvalue weighted by Crippen LogP contribution is 2.22. The Labute approximate surface area is 324 Å². The molecule has 0 saturated heterocycles. The Hall–Kier alpha value is 2.82. The van der Waals surface area contributed by atoms with Crippen LogP contribution in [0.5, 0.6) is 0 Å². The number of thioether (sulfide) groups is 13. The van der Waals surface area contributed by atoms with Crippen molar-refractivity contribution in [3.05, 3.63) is 0 Å². The largest absolute Gasteiger partial charge is 0.610 e. The molecule has 0 saturated carbocycles. The van der Waals surface area contributed by atoms with Crippen LogP contribution in [0.15, 0.2) is 9.98 Å². The van der Waals surface area contributed by atoms with Gasteiger partial charge in [-0.25, -0.2) is 9.98 Å². The molecule has 0 radical (unpaired) electrons. The zero-order valence-corrected chi connectivity index (χ0v) is 35.4. The van der Waals surface area contributed by atoms with Crippen molar-refractivity contribution < 1.29 is 34.1 Å². The predicted octanol–water partition coefficient (Wildman–Crippen LogP) is 7.00. The van der Waals surface area contributed by atoms with Gasteiger partial charge in [-0.1, -0.05) is 35.3 Å². The number of nitrogens with zero attached hydrogens (tertiary/aromatic N) is 2. The van der Waals surface area contributed by atoms with E-state index in [1.165, 1.54) is 47.2 Å². The van der Waals surface area contributed by atoms with E-state index >= 15 is 0 Å². The van der Waals surface area contributed by atoms with E-state index in [1.54, 1.807) is 106 Å². The lowest BCUT2D eigenvalue weighted by Gasteiger charge is -2.05. The first kappa shape index (κ1) is 47.8. The summed E-state index contributed by atoms with van der Waals surface area (Å²) in [7, 11) is 0. The number of hydrogen-bond acceptors (Lipinski definition) is 22. The van der Waals surface area contributed by atoms with Gasteiger partial charge < -0.3 is 30.3 Å². The second-order valence-corrected chi connectivity index (χ2v) is 23.7. The van der Waals surface area contributed by atoms with Crippen molar-refractivity contribution in [2.45, 2.75) is 0 Å². The van der Waals surface area contributed by atoms with Crippen molar-refractivity contribution >= 4 is 187 Å². The van der Waals surface area contributed by atoms with Crippen LogP contribution in [0, 0.1) is 0 Å². The third-order valence-corrected chi connectivity index (χ3v) is 18.5. The minimum absolute atomic E-state index is 0.0123. The molecule has 0 fully saturated rings. The van der Waals surface area contributed by atoms with E-state index in [0.717, 1.165) is 42.3 Å². The number of hydrogen-bond donors (Lipinski definition) is 4. The molecule has 0 spiro atoms. The maximum Gasteiger partial charge on any atom is 0.280 e. The van der Waals surface area contributed by atoms with E-state index in [4.69, 9.17) is 20.0 Å². The van der Waals surface area contributed by atoms with E-state index in [2.05, 4.69) is 20.6 Å². The normalized spacial score (nSPS) is 12.2. The number of aliphatic hydroxyl groups is 2. The maximum absolute atomic E-state index is 11.9. The van der Waals surface area contributed by atoms with Crippen molar-refractivity contribution in [3.8, 4) is 0 Å². The molecule has 0 bridgehead atoms. The highest BCUT2D eigenvalue weighted by molar-refractivity contribution is 8.29. The van der Waals surface area contributed by atoms with Crippen molar-refractivity contribution in [1.82, 2.24) is 10.6 Å². The molecular formula is C20H38N4O7S14. The number of carbonyl (C=O) groups is 2. The second-order valence-electron chi connectivity index (χ2n) is 6.62. The third-order valence-electron chi connectivity index (χ3n) is 3.41. The van der Waals surface area contributed by atoms with Gasteiger partial charge in [0.25, 0.3) is 10.5 Å². The average molecular weight is 895 g/mol. The first-order chi connectivity index (χ1) is 22.1. The molecule has 1 atom stereocenters. The van der Waals surface area contributed by atoms with Crippen molar-refractivity contribution in [1.29, 1.82) is 0 Å². The molecule has 0 aliphatic carbocycles. The van der Waals surface area contributed by atoms with E-state index in [0.29, 0.717) is 44.7 Å². The number of aliphatic imine (C=N–C) groups is 2. The van der Waals surface area contributed by atoms with Gasteiger partial charge in [-0.05, 0) is 0 Å². The Morgan fingerprint density at radius 1 is 0.667 bits per heavy atom. The lowest BCUT2D eigenvalue weighted by molar-refractivity contribution is -0.196. The smallest absolute Gasteiger partial charge is 0.280 e. The summed E-state index contributed by atoms with van der Waals surface area (Å²) < 4.78 is 11.5. The molecule has 2 amide bonds. The number of rotatable bonds is 33. The molecule has 4 N–H and O–H groups in total. The lowest BCUT2D eigenvalue weighted by atomic mass is 11.2. The molecule has 0 aromatic carbocycles. The topological polar surface area (TPSA) is 165 Å². The molecule has 1 unspecified atom stereocenters. The highest BCUT2D eigenvalue weighted by atomic mass is 32.3. The van der Waals surface area contributed by atoms with Crippen LogP contribution in [0.3, 0.4) is 0 Å². The van der Waals surface area contributed by atoms with Gasteiger partial charge in [-0.3, -0.25) is 9.59 Å². The molecule has 0 rings (SSSR count). The summed E-state index contributed by atoms with van der Waals surface area (Å²) in [6.07, 6.45) is 1.31. The molecule has 0 aliphatic rings. The summed E-state index contributed by atoms with van der Waals surface area (Å²) in [5.41, 5.74) is 1.44. The van der Waals surface area contributed by atoms with Crippen molar-refractivity contribution in [3.63, 3.8) is 0 Å². The highest BCUT2D eigenvalue weighted by Gasteiger charge is 2.03. The summed E-state index contributed by atoms with van der Waals surface area (Å²) >= 11 is 19.0. The molecule has 264 valence electrons. The van der Waals surface area contributed by atoms with Crippen LogP contribution in [0.1, 0.15) is 0 Å². The molecule has 0 heterocycles.